The number of rotatable bonds is 10. The van der Waals surface area contributed by atoms with E-state index in [-0.39, 0.29) is 18.1 Å². The van der Waals surface area contributed by atoms with E-state index in [0.717, 1.165) is 0 Å². The number of hydrogen-bond donors (Lipinski definition) is 3. The minimum absolute atomic E-state index is 0.128. The van der Waals surface area contributed by atoms with Crippen molar-refractivity contribution in [2.75, 3.05) is 18.1 Å². The maximum atomic E-state index is 12.8. The number of ether oxygens (including phenoxy) is 1. The number of carboxylic acid groups (broad SMARTS) is 2. The number of benzene rings is 1. The van der Waals surface area contributed by atoms with E-state index in [0.29, 0.717) is 23.8 Å². The van der Waals surface area contributed by atoms with Crippen molar-refractivity contribution in [1.82, 2.24) is 5.32 Å². The smallest absolute Gasteiger partial charge is 0.481 e. The molecular formula is C17H21F4NO6S2. The summed E-state index contributed by atoms with van der Waals surface area (Å²) < 4.78 is 50.2. The lowest BCUT2D eigenvalue weighted by Gasteiger charge is -2.25. The largest absolute Gasteiger partial charge is 0.490 e. The molecule has 1 rings (SSSR count). The average molecular weight is 475 g/mol. The van der Waals surface area contributed by atoms with Gasteiger partial charge in [0.1, 0.15) is 11.6 Å². The average Bonchev–Trinajstić information content (AvgIpc) is 2.62. The summed E-state index contributed by atoms with van der Waals surface area (Å²) in [6, 6.07) is 5.49. The first-order valence-corrected chi connectivity index (χ1v) is 10.7. The van der Waals surface area contributed by atoms with E-state index in [9.17, 15) is 27.2 Å². The predicted molar refractivity (Wildman–Crippen MR) is 105 cm³/mol. The lowest BCUT2D eigenvalue weighted by atomic mass is 10.1. The van der Waals surface area contributed by atoms with Crippen LogP contribution in [0.4, 0.5) is 17.6 Å². The molecule has 1 aromatic rings. The molecule has 1 aromatic carbocycles. The summed E-state index contributed by atoms with van der Waals surface area (Å²) in [4.78, 5) is 31.3. The molecule has 0 spiro atoms. The van der Waals surface area contributed by atoms with E-state index in [1.165, 1.54) is 45.9 Å². The highest BCUT2D eigenvalue weighted by atomic mass is 33.1. The maximum absolute atomic E-state index is 12.8. The summed E-state index contributed by atoms with van der Waals surface area (Å²) in [5.74, 6) is -2.57. The van der Waals surface area contributed by atoms with Gasteiger partial charge in [0.25, 0.3) is 5.91 Å². The molecule has 30 heavy (non-hydrogen) atoms. The van der Waals surface area contributed by atoms with Crippen LogP contribution in [-0.2, 0) is 14.4 Å². The molecule has 13 heteroatoms. The topological polar surface area (TPSA) is 113 Å². The standard InChI is InChI=1S/C15H20FNO4S2.C2HF3O2/c1-15(2,21-12-5-3-11(16)4-6-12)14(20)17-8-10-23-22-9-7-13(18)19;3-2(4,5)1(6)7/h3-6H,7-10H2,1-2H3,(H,17,20)(H,18,19);(H,6,7). The van der Waals surface area contributed by atoms with Gasteiger partial charge in [-0.3, -0.25) is 9.59 Å². The van der Waals surface area contributed by atoms with Crippen molar-refractivity contribution in [2.45, 2.75) is 32.0 Å². The van der Waals surface area contributed by atoms with E-state index in [2.05, 4.69) is 5.32 Å². The van der Waals surface area contributed by atoms with Crippen molar-refractivity contribution in [3.05, 3.63) is 30.1 Å². The molecule has 1 amide bonds. The number of aliphatic carboxylic acids is 2. The molecule has 0 saturated heterocycles. The van der Waals surface area contributed by atoms with Gasteiger partial charge in [-0.05, 0) is 38.1 Å². The summed E-state index contributed by atoms with van der Waals surface area (Å²) in [7, 11) is 2.97. The Morgan fingerprint density at radius 3 is 2.00 bits per heavy atom. The first-order valence-electron chi connectivity index (χ1n) is 8.25. The van der Waals surface area contributed by atoms with Crippen molar-refractivity contribution >= 4 is 39.4 Å². The first kappa shape index (κ1) is 27.8. The minimum Gasteiger partial charge on any atom is -0.481 e. The van der Waals surface area contributed by atoms with E-state index in [1.807, 2.05) is 0 Å². The third kappa shape index (κ3) is 13.1. The number of carboxylic acids is 2. The van der Waals surface area contributed by atoms with Gasteiger partial charge in [0.05, 0.1) is 6.42 Å². The predicted octanol–water partition coefficient (Wildman–Crippen LogP) is 3.59. The van der Waals surface area contributed by atoms with Crippen LogP contribution in [0.25, 0.3) is 0 Å². The van der Waals surface area contributed by atoms with Crippen molar-refractivity contribution in [1.29, 1.82) is 0 Å². The van der Waals surface area contributed by atoms with Crippen LogP contribution in [0.15, 0.2) is 24.3 Å². The molecule has 0 unspecified atom stereocenters. The highest BCUT2D eigenvalue weighted by Crippen LogP contribution is 2.22. The van der Waals surface area contributed by atoms with Gasteiger partial charge in [0.2, 0.25) is 0 Å². The quantitative estimate of drug-likeness (QED) is 0.267. The van der Waals surface area contributed by atoms with E-state index in [4.69, 9.17) is 19.7 Å². The SMILES string of the molecule is CC(C)(Oc1ccc(F)cc1)C(=O)NCCSSCCC(=O)O.O=C(O)C(F)(F)F. The third-order valence-corrected chi connectivity index (χ3v) is 5.34. The number of carbonyl (C=O) groups excluding carboxylic acids is 1. The Morgan fingerprint density at radius 2 is 1.53 bits per heavy atom. The second-order valence-electron chi connectivity index (χ2n) is 5.91. The molecule has 7 nitrogen and oxygen atoms in total. The Bertz CT molecular complexity index is 698. The molecule has 170 valence electrons. The van der Waals surface area contributed by atoms with Crippen molar-refractivity contribution in [3.63, 3.8) is 0 Å². The highest BCUT2D eigenvalue weighted by Gasteiger charge is 2.38. The second-order valence-corrected chi connectivity index (χ2v) is 8.61. The van der Waals surface area contributed by atoms with E-state index < -0.39 is 23.7 Å². The number of nitrogens with one attached hydrogen (secondary N) is 1. The van der Waals surface area contributed by atoms with Gasteiger partial charge < -0.3 is 20.3 Å². The van der Waals surface area contributed by atoms with Gasteiger partial charge >= 0.3 is 18.1 Å². The van der Waals surface area contributed by atoms with Crippen LogP contribution in [0.2, 0.25) is 0 Å². The molecule has 3 N–H and O–H groups in total. The summed E-state index contributed by atoms with van der Waals surface area (Å²) in [6.45, 7) is 3.74. The first-order chi connectivity index (χ1) is 13.8. The van der Waals surface area contributed by atoms with Gasteiger partial charge in [-0.25, -0.2) is 9.18 Å². The number of carbonyl (C=O) groups is 3. The molecule has 0 aliphatic heterocycles. The van der Waals surface area contributed by atoms with E-state index in [1.54, 1.807) is 13.8 Å². The zero-order valence-electron chi connectivity index (χ0n) is 16.0. The number of hydrogen-bond acceptors (Lipinski definition) is 6. The number of amides is 1. The summed E-state index contributed by atoms with van der Waals surface area (Å²) in [5, 5.41) is 18.4. The maximum Gasteiger partial charge on any atom is 0.490 e. The Labute approximate surface area is 177 Å². The lowest BCUT2D eigenvalue weighted by Crippen LogP contribution is -2.47. The number of alkyl halides is 3. The van der Waals surface area contributed by atoms with Gasteiger partial charge in [-0.15, -0.1) is 0 Å². The van der Waals surface area contributed by atoms with Crippen molar-refractivity contribution < 1.29 is 46.9 Å². The Hall–Kier alpha value is -2.15. The van der Waals surface area contributed by atoms with Crippen LogP contribution in [0.3, 0.4) is 0 Å². The molecule has 0 fully saturated rings. The molecule has 0 heterocycles. The molecule has 0 radical (unpaired) electrons. The molecule has 0 aliphatic carbocycles. The molecule has 0 aromatic heterocycles. The molecule has 0 aliphatic rings. The van der Waals surface area contributed by atoms with Gasteiger partial charge in [-0.1, -0.05) is 21.6 Å². The highest BCUT2D eigenvalue weighted by molar-refractivity contribution is 8.76. The Kier molecular flexibility index (Phi) is 12.3. The minimum atomic E-state index is -5.08. The van der Waals surface area contributed by atoms with Crippen LogP contribution < -0.4 is 10.1 Å². The van der Waals surface area contributed by atoms with Crippen molar-refractivity contribution in [3.8, 4) is 5.75 Å². The van der Waals surface area contributed by atoms with Crippen LogP contribution in [0.5, 0.6) is 5.75 Å². The van der Waals surface area contributed by atoms with Crippen molar-refractivity contribution in [2.24, 2.45) is 0 Å². The normalized spacial score (nSPS) is 11.1. The van der Waals surface area contributed by atoms with E-state index >= 15 is 0 Å². The van der Waals surface area contributed by atoms with Crippen LogP contribution >= 0.6 is 21.6 Å². The third-order valence-electron chi connectivity index (χ3n) is 2.93. The van der Waals surface area contributed by atoms with Gasteiger partial charge in [0, 0.05) is 18.1 Å². The van der Waals surface area contributed by atoms with Crippen LogP contribution in [0, 0.1) is 5.82 Å². The zero-order chi connectivity index (χ0) is 23.4. The van der Waals surface area contributed by atoms with Crippen LogP contribution in [-0.4, -0.2) is 57.9 Å². The summed E-state index contributed by atoms with van der Waals surface area (Å²) in [6.07, 6.45) is -4.96. The fourth-order valence-corrected chi connectivity index (χ4v) is 3.40. The molecule has 0 saturated carbocycles. The zero-order valence-corrected chi connectivity index (χ0v) is 17.6. The van der Waals surface area contributed by atoms with Gasteiger partial charge in [-0.2, -0.15) is 13.2 Å². The van der Waals surface area contributed by atoms with Crippen LogP contribution in [0.1, 0.15) is 20.3 Å². The second kappa shape index (κ2) is 13.2. The molecular weight excluding hydrogens is 454 g/mol. The lowest BCUT2D eigenvalue weighted by molar-refractivity contribution is -0.192. The molecule has 0 atom stereocenters. The fraction of sp³-hybridized carbons (Fsp3) is 0.471. The van der Waals surface area contributed by atoms with Gasteiger partial charge in [0.15, 0.2) is 5.60 Å². The number of halogens is 4. The summed E-state index contributed by atoms with van der Waals surface area (Å²) >= 11 is 0. The Morgan fingerprint density at radius 1 is 1.03 bits per heavy atom. The fourth-order valence-electron chi connectivity index (χ4n) is 1.51. The summed E-state index contributed by atoms with van der Waals surface area (Å²) in [5.41, 5.74) is -1.07. The monoisotopic (exact) mass is 475 g/mol. The Balaban J connectivity index is 0.00000103. The molecule has 0 bridgehead atoms.